The third-order valence-corrected chi connectivity index (χ3v) is 6.45. The van der Waals surface area contributed by atoms with Crippen LogP contribution >= 0.6 is 11.6 Å². The van der Waals surface area contributed by atoms with Crippen LogP contribution in [0.2, 0.25) is 5.02 Å². The maximum atomic E-state index is 13.9. The fourth-order valence-corrected chi connectivity index (χ4v) is 4.84. The van der Waals surface area contributed by atoms with E-state index in [4.69, 9.17) is 11.6 Å². The van der Waals surface area contributed by atoms with Crippen molar-refractivity contribution in [2.24, 2.45) is 0 Å². The first kappa shape index (κ1) is 15.2. The minimum atomic E-state index is -3.79. The van der Waals surface area contributed by atoms with Crippen molar-refractivity contribution in [3.63, 3.8) is 0 Å². The minimum absolute atomic E-state index is 0.198. The van der Waals surface area contributed by atoms with Crippen molar-refractivity contribution in [3.8, 4) is 0 Å². The van der Waals surface area contributed by atoms with Crippen LogP contribution in [-0.2, 0) is 10.0 Å². The van der Waals surface area contributed by atoms with Gasteiger partial charge in [-0.25, -0.2) is 12.8 Å². The van der Waals surface area contributed by atoms with Crippen LogP contribution in [0, 0.1) is 5.82 Å². The van der Waals surface area contributed by atoms with Gasteiger partial charge in [0.25, 0.3) is 0 Å². The summed E-state index contributed by atoms with van der Waals surface area (Å²) in [7, 11) is -3.79. The quantitative estimate of drug-likeness (QED) is 0.834. The lowest BCUT2D eigenvalue weighted by molar-refractivity contribution is 0.0851. The van der Waals surface area contributed by atoms with Gasteiger partial charge in [0.15, 0.2) is 0 Å². The number of rotatable bonds is 2. The molecule has 2 saturated heterocycles. The van der Waals surface area contributed by atoms with E-state index in [-0.39, 0.29) is 16.0 Å². The predicted octanol–water partition coefficient (Wildman–Crippen LogP) is 2.34. The van der Waals surface area contributed by atoms with Crippen LogP contribution in [0.1, 0.15) is 19.3 Å². The van der Waals surface area contributed by atoms with Crippen molar-refractivity contribution in [1.29, 1.82) is 0 Å². The molecular formula is C14H18ClFN2O2S. The zero-order valence-electron chi connectivity index (χ0n) is 11.6. The number of piperazine rings is 1. The molecule has 2 aliphatic rings. The van der Waals surface area contributed by atoms with E-state index in [1.165, 1.54) is 22.9 Å². The molecule has 0 unspecified atom stereocenters. The van der Waals surface area contributed by atoms with E-state index in [2.05, 4.69) is 4.90 Å². The van der Waals surface area contributed by atoms with Crippen molar-refractivity contribution in [3.05, 3.63) is 29.0 Å². The van der Waals surface area contributed by atoms with Gasteiger partial charge in [0.2, 0.25) is 10.0 Å². The molecule has 7 heteroatoms. The molecule has 1 aromatic carbocycles. The molecule has 1 atom stereocenters. The Bertz CT molecular complexity index is 638. The summed E-state index contributed by atoms with van der Waals surface area (Å²) in [5, 5.41) is 0.198. The van der Waals surface area contributed by atoms with Crippen LogP contribution < -0.4 is 0 Å². The number of hydrogen-bond donors (Lipinski definition) is 0. The second-order valence-corrected chi connectivity index (χ2v) is 7.97. The van der Waals surface area contributed by atoms with Gasteiger partial charge in [-0.15, -0.1) is 0 Å². The lowest BCUT2D eigenvalue weighted by Crippen LogP contribution is -2.56. The third kappa shape index (κ3) is 2.95. The summed E-state index contributed by atoms with van der Waals surface area (Å²) in [6.07, 6.45) is 3.31. The van der Waals surface area contributed by atoms with Gasteiger partial charge in [-0.3, -0.25) is 4.90 Å². The summed E-state index contributed by atoms with van der Waals surface area (Å²) in [4.78, 5) is 2.06. The molecule has 21 heavy (non-hydrogen) atoms. The highest BCUT2D eigenvalue weighted by atomic mass is 35.5. The molecule has 0 N–H and O–H groups in total. The first-order valence-corrected chi connectivity index (χ1v) is 8.99. The fourth-order valence-electron chi connectivity index (χ4n) is 3.17. The molecule has 2 heterocycles. The van der Waals surface area contributed by atoms with E-state index in [0.717, 1.165) is 32.0 Å². The second kappa shape index (κ2) is 5.83. The van der Waals surface area contributed by atoms with Crippen LogP contribution in [0.25, 0.3) is 0 Å². The van der Waals surface area contributed by atoms with Crippen LogP contribution in [-0.4, -0.2) is 49.8 Å². The summed E-state index contributed by atoms with van der Waals surface area (Å²) >= 11 is 5.69. The fraction of sp³-hybridized carbons (Fsp3) is 0.571. The average molecular weight is 333 g/mol. The molecule has 2 fully saturated rings. The van der Waals surface area contributed by atoms with Crippen molar-refractivity contribution >= 4 is 21.6 Å². The van der Waals surface area contributed by atoms with Crippen LogP contribution in [0.4, 0.5) is 4.39 Å². The van der Waals surface area contributed by atoms with Crippen LogP contribution in [0.5, 0.6) is 0 Å². The highest BCUT2D eigenvalue weighted by molar-refractivity contribution is 7.89. The van der Waals surface area contributed by atoms with Crippen molar-refractivity contribution in [2.45, 2.75) is 30.2 Å². The molecule has 0 aliphatic carbocycles. The van der Waals surface area contributed by atoms with Crippen LogP contribution in [0.15, 0.2) is 23.1 Å². The molecule has 0 aromatic heterocycles. The molecular weight excluding hydrogens is 315 g/mol. The second-order valence-electron chi connectivity index (χ2n) is 5.62. The van der Waals surface area contributed by atoms with Gasteiger partial charge < -0.3 is 0 Å². The summed E-state index contributed by atoms with van der Waals surface area (Å²) in [5.74, 6) is -0.784. The zero-order chi connectivity index (χ0) is 15.0. The summed E-state index contributed by atoms with van der Waals surface area (Å²) in [6.45, 7) is 2.62. The largest absolute Gasteiger partial charge is 0.298 e. The summed E-state index contributed by atoms with van der Waals surface area (Å²) in [6, 6.07) is 3.97. The first-order valence-electron chi connectivity index (χ1n) is 7.18. The Morgan fingerprint density at radius 2 is 2.00 bits per heavy atom. The molecule has 1 aromatic rings. The summed E-state index contributed by atoms with van der Waals surface area (Å²) in [5.41, 5.74) is 0. The topological polar surface area (TPSA) is 40.6 Å². The number of piperidine rings is 1. The Kier molecular flexibility index (Phi) is 4.23. The normalized spacial score (nSPS) is 24.8. The first-order chi connectivity index (χ1) is 9.98. The Labute approximate surface area is 129 Å². The number of nitrogens with zero attached hydrogens (tertiary/aromatic N) is 2. The van der Waals surface area contributed by atoms with Gasteiger partial charge in [-0.1, -0.05) is 18.0 Å². The average Bonchev–Trinajstić information content (AvgIpc) is 2.46. The number of sulfonamides is 1. The number of fused-ring (bicyclic) bond motifs is 1. The number of benzene rings is 1. The molecule has 0 saturated carbocycles. The van der Waals surface area contributed by atoms with E-state index in [1.54, 1.807) is 0 Å². The van der Waals surface area contributed by atoms with Gasteiger partial charge in [0.1, 0.15) is 10.7 Å². The molecule has 0 radical (unpaired) electrons. The Morgan fingerprint density at radius 3 is 2.76 bits per heavy atom. The smallest absolute Gasteiger partial charge is 0.246 e. The molecule has 3 rings (SSSR count). The van der Waals surface area contributed by atoms with Gasteiger partial charge in [0.05, 0.1) is 0 Å². The molecule has 2 aliphatic heterocycles. The Morgan fingerprint density at radius 1 is 1.19 bits per heavy atom. The lowest BCUT2D eigenvalue weighted by Gasteiger charge is -2.43. The molecule has 0 amide bonds. The van der Waals surface area contributed by atoms with Crippen molar-refractivity contribution < 1.29 is 12.8 Å². The zero-order valence-corrected chi connectivity index (χ0v) is 13.2. The van der Waals surface area contributed by atoms with Crippen molar-refractivity contribution in [1.82, 2.24) is 9.21 Å². The molecule has 0 spiro atoms. The van der Waals surface area contributed by atoms with E-state index < -0.39 is 15.8 Å². The van der Waals surface area contributed by atoms with Gasteiger partial charge in [-0.2, -0.15) is 4.31 Å². The number of halogens is 2. The Balaban J connectivity index is 1.85. The predicted molar refractivity (Wildman–Crippen MR) is 79.4 cm³/mol. The standard InChI is InChI=1S/C14H18ClFN2O2S/c15-11-4-5-14(13(16)9-11)21(19,20)18-8-7-17-6-2-1-3-12(17)10-18/h4-5,9,12H,1-3,6-8,10H2/t12-/m0/s1. The van der Waals surface area contributed by atoms with Crippen molar-refractivity contribution in [2.75, 3.05) is 26.2 Å². The van der Waals surface area contributed by atoms with E-state index in [0.29, 0.717) is 13.1 Å². The molecule has 116 valence electrons. The van der Waals surface area contributed by atoms with Crippen LogP contribution in [0.3, 0.4) is 0 Å². The maximum Gasteiger partial charge on any atom is 0.246 e. The molecule has 0 bridgehead atoms. The third-order valence-electron chi connectivity index (χ3n) is 4.31. The van der Waals surface area contributed by atoms with Gasteiger partial charge in [-0.05, 0) is 37.6 Å². The van der Waals surface area contributed by atoms with E-state index in [1.807, 2.05) is 0 Å². The highest BCUT2D eigenvalue weighted by Crippen LogP contribution is 2.27. The highest BCUT2D eigenvalue weighted by Gasteiger charge is 2.36. The van der Waals surface area contributed by atoms with Gasteiger partial charge in [0, 0.05) is 30.7 Å². The monoisotopic (exact) mass is 332 g/mol. The van der Waals surface area contributed by atoms with E-state index in [9.17, 15) is 12.8 Å². The number of hydrogen-bond acceptors (Lipinski definition) is 3. The lowest BCUT2D eigenvalue weighted by atomic mass is 10.0. The van der Waals surface area contributed by atoms with Gasteiger partial charge >= 0.3 is 0 Å². The SMILES string of the molecule is O=S(=O)(c1ccc(Cl)cc1F)N1CCN2CCCC[C@H]2C1. The van der Waals surface area contributed by atoms with E-state index >= 15 is 0 Å². The maximum absolute atomic E-state index is 13.9. The molecule has 4 nitrogen and oxygen atoms in total. The minimum Gasteiger partial charge on any atom is -0.298 e. The summed E-state index contributed by atoms with van der Waals surface area (Å²) < 4.78 is 40.6. The Hall–Kier alpha value is -0.690.